The molecule has 2 heteroatoms. The Balaban J connectivity index is 2.41. The molecule has 2 nitrogen and oxygen atoms in total. The topological polar surface area (TPSA) is 29.3 Å². The van der Waals surface area contributed by atoms with Crippen LogP contribution in [0, 0.1) is 0 Å². The molecule has 13 heavy (non-hydrogen) atoms. The van der Waals surface area contributed by atoms with E-state index >= 15 is 0 Å². The summed E-state index contributed by atoms with van der Waals surface area (Å²) < 4.78 is 0. The zero-order chi connectivity index (χ0) is 9.26. The highest BCUT2D eigenvalue weighted by atomic mass is 15.1. The Morgan fingerprint density at radius 2 is 2.31 bits per heavy atom. The van der Waals surface area contributed by atoms with E-state index in [0.717, 1.165) is 0 Å². The average molecular weight is 176 g/mol. The third kappa shape index (κ3) is 1.54. The lowest BCUT2D eigenvalue weighted by Gasteiger charge is -2.27. The fourth-order valence-electron chi connectivity index (χ4n) is 1.93. The van der Waals surface area contributed by atoms with Gasteiger partial charge in [-0.3, -0.25) is 0 Å². The summed E-state index contributed by atoms with van der Waals surface area (Å²) in [6.07, 6.45) is 2.48. The van der Waals surface area contributed by atoms with Crippen LogP contribution >= 0.6 is 0 Å². The monoisotopic (exact) mass is 176 g/mol. The maximum atomic E-state index is 5.61. The first-order valence-electron chi connectivity index (χ1n) is 4.84. The molecule has 1 aliphatic rings. The zero-order valence-electron chi connectivity index (χ0n) is 8.09. The van der Waals surface area contributed by atoms with Gasteiger partial charge in [0.25, 0.3) is 0 Å². The minimum absolute atomic E-state index is 0.640. The number of anilines is 1. The fourth-order valence-corrected chi connectivity index (χ4v) is 1.93. The van der Waals surface area contributed by atoms with Crippen molar-refractivity contribution in [2.24, 2.45) is 5.73 Å². The van der Waals surface area contributed by atoms with E-state index in [1.54, 1.807) is 0 Å². The molecule has 2 rings (SSSR count). The van der Waals surface area contributed by atoms with Gasteiger partial charge in [-0.05, 0) is 30.0 Å². The smallest absolute Gasteiger partial charge is 0.0399 e. The van der Waals surface area contributed by atoms with Gasteiger partial charge >= 0.3 is 0 Å². The highest BCUT2D eigenvalue weighted by Crippen LogP contribution is 2.26. The summed E-state index contributed by atoms with van der Waals surface area (Å²) in [6, 6.07) is 6.57. The minimum atomic E-state index is 0.640. The standard InChI is InChI=1S/C11H16N2/c1-13-6-2-3-10-5-4-9(8-12)7-11(10)13/h4-5,7H,2-3,6,8,12H2,1H3. The molecule has 0 spiro atoms. The van der Waals surface area contributed by atoms with E-state index in [4.69, 9.17) is 5.73 Å². The minimum Gasteiger partial charge on any atom is -0.374 e. The van der Waals surface area contributed by atoms with Gasteiger partial charge in [-0.2, -0.15) is 0 Å². The van der Waals surface area contributed by atoms with Crippen LogP contribution < -0.4 is 10.6 Å². The number of benzene rings is 1. The Kier molecular flexibility index (Phi) is 2.23. The molecule has 70 valence electrons. The molecule has 1 aliphatic heterocycles. The Labute approximate surface area is 79.4 Å². The van der Waals surface area contributed by atoms with Gasteiger partial charge < -0.3 is 10.6 Å². The predicted octanol–water partition coefficient (Wildman–Crippen LogP) is 1.53. The van der Waals surface area contributed by atoms with E-state index in [1.165, 1.54) is 36.2 Å². The molecule has 0 bridgehead atoms. The van der Waals surface area contributed by atoms with Crippen LogP contribution in [0.5, 0.6) is 0 Å². The molecule has 0 aromatic heterocycles. The second-order valence-corrected chi connectivity index (χ2v) is 3.69. The summed E-state index contributed by atoms with van der Waals surface area (Å²) in [5, 5.41) is 0. The number of rotatable bonds is 1. The van der Waals surface area contributed by atoms with Crippen molar-refractivity contribution in [2.45, 2.75) is 19.4 Å². The molecule has 0 saturated carbocycles. The van der Waals surface area contributed by atoms with Crippen molar-refractivity contribution < 1.29 is 0 Å². The van der Waals surface area contributed by atoms with Gasteiger partial charge in [0.1, 0.15) is 0 Å². The maximum absolute atomic E-state index is 5.61. The van der Waals surface area contributed by atoms with Crippen LogP contribution in [0.2, 0.25) is 0 Å². The van der Waals surface area contributed by atoms with Crippen LogP contribution in [0.1, 0.15) is 17.5 Å². The lowest BCUT2D eigenvalue weighted by Crippen LogP contribution is -2.24. The Bertz CT molecular complexity index is 307. The summed E-state index contributed by atoms with van der Waals surface area (Å²) >= 11 is 0. The van der Waals surface area contributed by atoms with Crippen LogP contribution in [-0.2, 0) is 13.0 Å². The van der Waals surface area contributed by atoms with Crippen molar-refractivity contribution in [3.05, 3.63) is 29.3 Å². The highest BCUT2D eigenvalue weighted by molar-refractivity contribution is 5.56. The largest absolute Gasteiger partial charge is 0.374 e. The molecular weight excluding hydrogens is 160 g/mol. The first kappa shape index (κ1) is 8.57. The molecule has 1 aromatic rings. The third-order valence-corrected chi connectivity index (χ3v) is 2.74. The Morgan fingerprint density at radius 3 is 3.08 bits per heavy atom. The van der Waals surface area contributed by atoms with Crippen LogP contribution in [-0.4, -0.2) is 13.6 Å². The maximum Gasteiger partial charge on any atom is 0.0399 e. The lowest BCUT2D eigenvalue weighted by molar-refractivity contribution is 0.743. The lowest BCUT2D eigenvalue weighted by atomic mass is 10.00. The number of aryl methyl sites for hydroxylation is 1. The number of fused-ring (bicyclic) bond motifs is 1. The summed E-state index contributed by atoms with van der Waals surface area (Å²) in [7, 11) is 2.15. The molecule has 2 N–H and O–H groups in total. The van der Waals surface area contributed by atoms with Crippen LogP contribution in [0.15, 0.2) is 18.2 Å². The van der Waals surface area contributed by atoms with E-state index in [2.05, 4.69) is 30.1 Å². The summed E-state index contributed by atoms with van der Waals surface area (Å²) in [6.45, 7) is 1.81. The van der Waals surface area contributed by atoms with Gasteiger partial charge in [-0.1, -0.05) is 12.1 Å². The molecule has 0 saturated heterocycles. The van der Waals surface area contributed by atoms with Crippen molar-refractivity contribution in [2.75, 3.05) is 18.5 Å². The van der Waals surface area contributed by atoms with Crippen molar-refractivity contribution in [3.8, 4) is 0 Å². The van der Waals surface area contributed by atoms with E-state index in [-0.39, 0.29) is 0 Å². The Hall–Kier alpha value is -1.02. The Morgan fingerprint density at radius 1 is 1.46 bits per heavy atom. The molecule has 0 fully saturated rings. The number of hydrogen-bond acceptors (Lipinski definition) is 2. The third-order valence-electron chi connectivity index (χ3n) is 2.74. The van der Waals surface area contributed by atoms with Crippen molar-refractivity contribution in [1.82, 2.24) is 0 Å². The summed E-state index contributed by atoms with van der Waals surface area (Å²) in [5.41, 5.74) is 9.67. The molecule has 1 aromatic carbocycles. The molecule has 0 unspecified atom stereocenters. The van der Waals surface area contributed by atoms with Crippen molar-refractivity contribution in [1.29, 1.82) is 0 Å². The van der Waals surface area contributed by atoms with Crippen LogP contribution in [0.25, 0.3) is 0 Å². The van der Waals surface area contributed by atoms with Gasteiger partial charge in [-0.25, -0.2) is 0 Å². The number of nitrogens with two attached hydrogens (primary N) is 1. The summed E-state index contributed by atoms with van der Waals surface area (Å²) in [5.74, 6) is 0. The quantitative estimate of drug-likeness (QED) is 0.703. The highest BCUT2D eigenvalue weighted by Gasteiger charge is 2.12. The van der Waals surface area contributed by atoms with Crippen LogP contribution in [0.3, 0.4) is 0 Å². The van der Waals surface area contributed by atoms with Crippen molar-refractivity contribution in [3.63, 3.8) is 0 Å². The van der Waals surface area contributed by atoms with Gasteiger partial charge in [0.15, 0.2) is 0 Å². The molecule has 0 radical (unpaired) electrons. The summed E-state index contributed by atoms with van der Waals surface area (Å²) in [4.78, 5) is 2.32. The first-order valence-corrected chi connectivity index (χ1v) is 4.84. The second kappa shape index (κ2) is 3.38. The first-order chi connectivity index (χ1) is 6.31. The van der Waals surface area contributed by atoms with E-state index in [0.29, 0.717) is 6.54 Å². The normalized spacial score (nSPS) is 15.7. The van der Waals surface area contributed by atoms with E-state index in [9.17, 15) is 0 Å². The van der Waals surface area contributed by atoms with Gasteiger partial charge in [-0.15, -0.1) is 0 Å². The SMILES string of the molecule is CN1CCCc2ccc(CN)cc21. The second-order valence-electron chi connectivity index (χ2n) is 3.69. The average Bonchev–Trinajstić information content (AvgIpc) is 2.18. The van der Waals surface area contributed by atoms with Crippen molar-refractivity contribution >= 4 is 5.69 Å². The fraction of sp³-hybridized carbons (Fsp3) is 0.455. The van der Waals surface area contributed by atoms with Gasteiger partial charge in [0.2, 0.25) is 0 Å². The molecule has 0 aliphatic carbocycles. The molecular formula is C11H16N2. The zero-order valence-corrected chi connectivity index (χ0v) is 8.09. The van der Waals surface area contributed by atoms with E-state index < -0.39 is 0 Å². The van der Waals surface area contributed by atoms with Gasteiger partial charge in [0.05, 0.1) is 0 Å². The molecule has 0 atom stereocenters. The van der Waals surface area contributed by atoms with Crippen LogP contribution in [0.4, 0.5) is 5.69 Å². The molecule has 1 heterocycles. The van der Waals surface area contributed by atoms with E-state index in [1.807, 2.05) is 0 Å². The number of hydrogen-bond donors (Lipinski definition) is 1. The van der Waals surface area contributed by atoms with Gasteiger partial charge in [0, 0.05) is 25.8 Å². The number of nitrogens with zero attached hydrogens (tertiary/aromatic N) is 1. The predicted molar refractivity (Wildman–Crippen MR) is 55.9 cm³/mol. The molecule has 0 amide bonds.